The third-order valence-corrected chi connectivity index (χ3v) is 5.50. The molecule has 1 aromatic heterocycles. The first-order valence-electron chi connectivity index (χ1n) is 5.68. The standard InChI is InChI=1S/C14H16Br2S/c1-14(2,3)7-12(16)10-8-17-13-9(10)5-4-6-11(13)15/h4-6,8,12H,7H2,1-3H3. The number of hydrogen-bond donors (Lipinski definition) is 0. The maximum Gasteiger partial charge on any atom is 0.0488 e. The van der Waals surface area contributed by atoms with Crippen LogP contribution in [-0.4, -0.2) is 0 Å². The normalized spacial score (nSPS) is 14.2. The van der Waals surface area contributed by atoms with E-state index >= 15 is 0 Å². The smallest absolute Gasteiger partial charge is 0.0488 e. The van der Waals surface area contributed by atoms with Crippen molar-refractivity contribution in [2.24, 2.45) is 5.41 Å². The van der Waals surface area contributed by atoms with Crippen LogP contribution >= 0.6 is 43.2 Å². The molecule has 17 heavy (non-hydrogen) atoms. The molecule has 92 valence electrons. The first-order chi connectivity index (χ1) is 7.88. The second-order valence-electron chi connectivity index (χ2n) is 5.54. The maximum absolute atomic E-state index is 3.84. The average Bonchev–Trinajstić information content (AvgIpc) is 2.60. The Kier molecular flexibility index (Phi) is 4.01. The van der Waals surface area contributed by atoms with Gasteiger partial charge in [-0.05, 0) is 50.2 Å². The van der Waals surface area contributed by atoms with Crippen molar-refractivity contribution < 1.29 is 0 Å². The Hall–Kier alpha value is 0.140. The number of rotatable bonds is 2. The van der Waals surface area contributed by atoms with Crippen LogP contribution < -0.4 is 0 Å². The van der Waals surface area contributed by atoms with E-state index in [1.165, 1.54) is 20.1 Å². The Morgan fingerprint density at radius 1 is 1.29 bits per heavy atom. The molecule has 2 rings (SSSR count). The van der Waals surface area contributed by atoms with E-state index in [0.717, 1.165) is 6.42 Å². The predicted octanol–water partition coefficient (Wildman–Crippen LogP) is 6.54. The molecule has 0 saturated carbocycles. The summed E-state index contributed by atoms with van der Waals surface area (Å²) in [5.41, 5.74) is 1.76. The molecule has 0 aliphatic heterocycles. The van der Waals surface area contributed by atoms with Crippen LogP contribution in [0.15, 0.2) is 28.1 Å². The van der Waals surface area contributed by atoms with Gasteiger partial charge in [0.05, 0.1) is 0 Å². The summed E-state index contributed by atoms with van der Waals surface area (Å²) in [7, 11) is 0. The van der Waals surface area contributed by atoms with E-state index in [4.69, 9.17) is 0 Å². The Morgan fingerprint density at radius 2 is 2.00 bits per heavy atom. The maximum atomic E-state index is 3.84. The molecular weight excluding hydrogens is 360 g/mol. The lowest BCUT2D eigenvalue weighted by Crippen LogP contribution is -2.07. The highest BCUT2D eigenvalue weighted by atomic mass is 79.9. The highest BCUT2D eigenvalue weighted by molar-refractivity contribution is 9.10. The fourth-order valence-corrected chi connectivity index (χ4v) is 5.13. The van der Waals surface area contributed by atoms with Gasteiger partial charge in [0.2, 0.25) is 0 Å². The van der Waals surface area contributed by atoms with Crippen molar-refractivity contribution in [1.82, 2.24) is 0 Å². The fourth-order valence-electron chi connectivity index (χ4n) is 1.93. The molecule has 0 radical (unpaired) electrons. The van der Waals surface area contributed by atoms with E-state index in [-0.39, 0.29) is 0 Å². The minimum absolute atomic E-state index is 0.342. The van der Waals surface area contributed by atoms with Gasteiger partial charge in [0, 0.05) is 14.0 Å². The number of alkyl halides is 1. The Morgan fingerprint density at radius 3 is 2.65 bits per heavy atom. The highest BCUT2D eigenvalue weighted by Crippen LogP contribution is 2.42. The minimum atomic E-state index is 0.342. The Labute approximate surface area is 124 Å². The van der Waals surface area contributed by atoms with Crippen LogP contribution in [0, 0.1) is 5.41 Å². The van der Waals surface area contributed by atoms with Gasteiger partial charge in [-0.2, -0.15) is 0 Å². The number of fused-ring (bicyclic) bond motifs is 1. The lowest BCUT2D eigenvalue weighted by Gasteiger charge is -2.22. The monoisotopic (exact) mass is 374 g/mol. The topological polar surface area (TPSA) is 0 Å². The SMILES string of the molecule is CC(C)(C)CC(Br)c1csc2c(Br)cccc12. The molecular formula is C14H16Br2S. The molecule has 0 saturated heterocycles. The van der Waals surface area contributed by atoms with Crippen molar-refractivity contribution in [1.29, 1.82) is 0 Å². The molecule has 0 amide bonds. The number of halogens is 2. The molecule has 0 aliphatic rings. The van der Waals surface area contributed by atoms with E-state index in [0.29, 0.717) is 10.2 Å². The second kappa shape index (κ2) is 5.02. The number of hydrogen-bond acceptors (Lipinski definition) is 1. The van der Waals surface area contributed by atoms with Crippen LogP contribution in [0.4, 0.5) is 0 Å². The summed E-state index contributed by atoms with van der Waals surface area (Å²) in [6.07, 6.45) is 1.14. The minimum Gasteiger partial charge on any atom is -0.142 e. The molecule has 3 heteroatoms. The molecule has 0 spiro atoms. The summed E-state index contributed by atoms with van der Waals surface area (Å²) in [6.45, 7) is 6.85. The molecule has 0 fully saturated rings. The van der Waals surface area contributed by atoms with Crippen molar-refractivity contribution in [2.75, 3.05) is 0 Å². The van der Waals surface area contributed by atoms with Gasteiger partial charge in [0.15, 0.2) is 0 Å². The summed E-state index contributed by atoms with van der Waals surface area (Å²) < 4.78 is 2.54. The van der Waals surface area contributed by atoms with E-state index in [1.54, 1.807) is 0 Å². The van der Waals surface area contributed by atoms with Crippen LogP contribution in [0.3, 0.4) is 0 Å². The van der Waals surface area contributed by atoms with Gasteiger partial charge in [0.1, 0.15) is 0 Å². The first kappa shape index (κ1) is 13.6. The van der Waals surface area contributed by atoms with Crippen molar-refractivity contribution in [3.05, 3.63) is 33.6 Å². The van der Waals surface area contributed by atoms with Gasteiger partial charge in [-0.25, -0.2) is 0 Å². The second-order valence-corrected chi connectivity index (χ2v) is 8.38. The van der Waals surface area contributed by atoms with Gasteiger partial charge < -0.3 is 0 Å². The molecule has 0 nitrogen and oxygen atoms in total. The summed E-state index contributed by atoms with van der Waals surface area (Å²) in [5, 5.41) is 3.65. The zero-order valence-electron chi connectivity index (χ0n) is 10.3. The number of thiophene rings is 1. The summed E-state index contributed by atoms with van der Waals surface area (Å²) >= 11 is 9.27. The lowest BCUT2D eigenvalue weighted by atomic mass is 9.88. The van der Waals surface area contributed by atoms with E-state index in [1.807, 2.05) is 11.3 Å². The Balaban J connectivity index is 2.40. The van der Waals surface area contributed by atoms with Crippen LogP contribution in [0.5, 0.6) is 0 Å². The largest absolute Gasteiger partial charge is 0.142 e. The molecule has 2 aromatic rings. The van der Waals surface area contributed by atoms with Crippen LogP contribution in [0.2, 0.25) is 0 Å². The van der Waals surface area contributed by atoms with Crippen molar-refractivity contribution in [3.8, 4) is 0 Å². The van der Waals surface area contributed by atoms with Gasteiger partial charge >= 0.3 is 0 Å². The van der Waals surface area contributed by atoms with Crippen molar-refractivity contribution >= 4 is 53.3 Å². The molecule has 1 atom stereocenters. The van der Waals surface area contributed by atoms with Gasteiger partial charge in [-0.15, -0.1) is 11.3 Å². The summed E-state index contributed by atoms with van der Waals surface area (Å²) in [4.78, 5) is 0.436. The van der Waals surface area contributed by atoms with E-state index < -0.39 is 0 Å². The van der Waals surface area contributed by atoms with Crippen LogP contribution in [0.1, 0.15) is 37.6 Å². The average molecular weight is 376 g/mol. The zero-order chi connectivity index (χ0) is 12.6. The van der Waals surface area contributed by atoms with Crippen molar-refractivity contribution in [3.63, 3.8) is 0 Å². The first-order valence-corrected chi connectivity index (χ1v) is 8.27. The molecule has 1 unspecified atom stereocenters. The quantitative estimate of drug-likeness (QED) is 0.523. The molecule has 0 bridgehead atoms. The molecule has 0 N–H and O–H groups in total. The van der Waals surface area contributed by atoms with Crippen molar-refractivity contribution in [2.45, 2.75) is 32.0 Å². The van der Waals surface area contributed by atoms with Crippen LogP contribution in [-0.2, 0) is 0 Å². The van der Waals surface area contributed by atoms with E-state index in [9.17, 15) is 0 Å². The fraction of sp³-hybridized carbons (Fsp3) is 0.429. The van der Waals surface area contributed by atoms with E-state index in [2.05, 4.69) is 76.2 Å². The molecule has 1 aromatic carbocycles. The molecule has 0 aliphatic carbocycles. The lowest BCUT2D eigenvalue weighted by molar-refractivity contribution is 0.377. The zero-order valence-corrected chi connectivity index (χ0v) is 14.2. The van der Waals surface area contributed by atoms with Gasteiger partial charge in [-0.3, -0.25) is 0 Å². The predicted molar refractivity (Wildman–Crippen MR) is 85.3 cm³/mol. The van der Waals surface area contributed by atoms with Gasteiger partial charge in [0.25, 0.3) is 0 Å². The third kappa shape index (κ3) is 3.12. The van der Waals surface area contributed by atoms with Gasteiger partial charge in [-0.1, -0.05) is 48.8 Å². The summed E-state index contributed by atoms with van der Waals surface area (Å²) in [5.74, 6) is 0. The van der Waals surface area contributed by atoms with Crippen LogP contribution in [0.25, 0.3) is 10.1 Å². The highest BCUT2D eigenvalue weighted by Gasteiger charge is 2.20. The Bertz CT molecular complexity index is 522. The molecule has 1 heterocycles. The third-order valence-electron chi connectivity index (χ3n) is 2.71. The number of benzene rings is 1. The summed E-state index contributed by atoms with van der Waals surface area (Å²) in [6, 6.07) is 6.43.